The third kappa shape index (κ3) is 2.08. The van der Waals surface area contributed by atoms with Crippen LogP contribution in [0.3, 0.4) is 0 Å². The van der Waals surface area contributed by atoms with Gasteiger partial charge in [-0.1, -0.05) is 23.7 Å². The van der Waals surface area contributed by atoms with Crippen molar-refractivity contribution in [1.82, 2.24) is 10.2 Å². The summed E-state index contributed by atoms with van der Waals surface area (Å²) in [6.07, 6.45) is 1.74. The first kappa shape index (κ1) is 11.1. The Balaban J connectivity index is 2.29. The highest BCUT2D eigenvalue weighted by molar-refractivity contribution is 7.80. The van der Waals surface area contributed by atoms with Crippen LogP contribution in [0.2, 0.25) is 5.02 Å². The fraction of sp³-hybridized carbons (Fsp3) is 0.0909. The highest BCUT2D eigenvalue weighted by Gasteiger charge is 2.26. The lowest BCUT2D eigenvalue weighted by molar-refractivity contribution is -0.121. The molecule has 0 aromatic heterocycles. The topological polar surface area (TPSA) is 32.3 Å². The number of carbonyl (C=O) groups excluding carboxylic acids is 1. The number of rotatable bonds is 1. The molecule has 1 heterocycles. The predicted octanol–water partition coefficient (Wildman–Crippen LogP) is 2.03. The summed E-state index contributed by atoms with van der Waals surface area (Å²) in [6.45, 7) is 0. The first-order valence-corrected chi connectivity index (χ1v) is 5.43. The summed E-state index contributed by atoms with van der Waals surface area (Å²) in [6, 6.07) is 7.22. The number of likely N-dealkylation sites (N-methyl/N-ethyl adjacent to an activating group) is 1. The van der Waals surface area contributed by atoms with E-state index < -0.39 is 0 Å². The summed E-state index contributed by atoms with van der Waals surface area (Å²) in [4.78, 5) is 13.1. The van der Waals surface area contributed by atoms with Crippen molar-refractivity contribution >= 4 is 40.9 Å². The molecule has 0 bridgehead atoms. The molecular formula is C11H9ClN2OS. The number of halogens is 1. The van der Waals surface area contributed by atoms with Gasteiger partial charge in [-0.25, -0.2) is 0 Å². The third-order valence-corrected chi connectivity index (χ3v) is 2.89. The minimum Gasteiger partial charge on any atom is -0.328 e. The molecule has 16 heavy (non-hydrogen) atoms. The van der Waals surface area contributed by atoms with Crippen LogP contribution in [0.15, 0.2) is 30.0 Å². The summed E-state index contributed by atoms with van der Waals surface area (Å²) >= 11 is 10.7. The second-order valence-corrected chi connectivity index (χ2v) is 4.23. The lowest BCUT2D eigenvalue weighted by Gasteiger charge is -2.02. The molecule has 0 aliphatic carbocycles. The lowest BCUT2D eigenvalue weighted by Crippen LogP contribution is -2.25. The standard InChI is InChI=1S/C11H9ClN2OS/c1-14-10(15)9(13-11(14)16)6-7-2-4-8(12)5-3-7/h2-6H,1H3,(H,13,16)/b9-6+. The summed E-state index contributed by atoms with van der Waals surface area (Å²) in [5.74, 6) is -0.125. The number of nitrogens with zero attached hydrogens (tertiary/aromatic N) is 1. The first-order chi connectivity index (χ1) is 7.58. The van der Waals surface area contributed by atoms with Gasteiger partial charge in [-0.3, -0.25) is 9.69 Å². The van der Waals surface area contributed by atoms with E-state index in [0.29, 0.717) is 15.8 Å². The van der Waals surface area contributed by atoms with Gasteiger partial charge in [0.2, 0.25) is 0 Å². The van der Waals surface area contributed by atoms with Crippen molar-refractivity contribution < 1.29 is 4.79 Å². The Morgan fingerprint density at radius 2 is 2.00 bits per heavy atom. The number of amides is 1. The summed E-state index contributed by atoms with van der Waals surface area (Å²) in [5.41, 5.74) is 1.38. The highest BCUT2D eigenvalue weighted by atomic mass is 35.5. The van der Waals surface area contributed by atoms with Crippen LogP contribution in [0.25, 0.3) is 6.08 Å². The van der Waals surface area contributed by atoms with Gasteiger partial charge >= 0.3 is 0 Å². The zero-order chi connectivity index (χ0) is 11.7. The fourth-order valence-corrected chi connectivity index (χ4v) is 1.67. The molecule has 0 spiro atoms. The molecule has 1 N–H and O–H groups in total. The van der Waals surface area contributed by atoms with Gasteiger partial charge < -0.3 is 5.32 Å². The molecule has 1 saturated heterocycles. The molecule has 1 aromatic carbocycles. The molecule has 0 saturated carbocycles. The van der Waals surface area contributed by atoms with Gasteiger partial charge in [-0.05, 0) is 36.0 Å². The van der Waals surface area contributed by atoms with E-state index in [0.717, 1.165) is 5.56 Å². The first-order valence-electron chi connectivity index (χ1n) is 4.64. The summed E-state index contributed by atoms with van der Waals surface area (Å²) in [7, 11) is 1.64. The molecule has 1 aliphatic rings. The lowest BCUT2D eigenvalue weighted by atomic mass is 10.2. The molecule has 0 atom stereocenters. The van der Waals surface area contributed by atoms with E-state index in [4.69, 9.17) is 23.8 Å². The van der Waals surface area contributed by atoms with Gasteiger partial charge in [0.1, 0.15) is 5.70 Å². The molecule has 1 amide bonds. The molecule has 1 aromatic rings. The minimum atomic E-state index is -0.125. The Bertz CT molecular complexity index is 481. The van der Waals surface area contributed by atoms with Crippen LogP contribution < -0.4 is 5.32 Å². The second-order valence-electron chi connectivity index (χ2n) is 3.40. The number of benzene rings is 1. The van der Waals surface area contributed by atoms with E-state index >= 15 is 0 Å². The van der Waals surface area contributed by atoms with Crippen molar-refractivity contribution in [2.24, 2.45) is 0 Å². The van der Waals surface area contributed by atoms with E-state index in [1.54, 1.807) is 25.3 Å². The maximum atomic E-state index is 11.7. The van der Waals surface area contributed by atoms with Crippen molar-refractivity contribution in [2.75, 3.05) is 7.05 Å². The van der Waals surface area contributed by atoms with Gasteiger partial charge in [-0.15, -0.1) is 0 Å². The molecule has 3 nitrogen and oxygen atoms in total. The SMILES string of the molecule is CN1C(=O)/C(=C\c2ccc(Cl)cc2)NC1=S. The average molecular weight is 253 g/mol. The van der Waals surface area contributed by atoms with Crippen LogP contribution in [0, 0.1) is 0 Å². The van der Waals surface area contributed by atoms with Crippen LogP contribution in [0.1, 0.15) is 5.56 Å². The molecule has 0 radical (unpaired) electrons. The Labute approximate surface area is 104 Å². The molecular weight excluding hydrogens is 244 g/mol. The number of nitrogens with one attached hydrogen (secondary N) is 1. The maximum Gasteiger partial charge on any atom is 0.276 e. The minimum absolute atomic E-state index is 0.125. The van der Waals surface area contributed by atoms with E-state index in [1.807, 2.05) is 12.1 Å². The van der Waals surface area contributed by atoms with Crippen LogP contribution in [0.5, 0.6) is 0 Å². The Morgan fingerprint density at radius 3 is 2.50 bits per heavy atom. The van der Waals surface area contributed by atoms with Gasteiger partial charge in [0.25, 0.3) is 5.91 Å². The van der Waals surface area contributed by atoms with Crippen LogP contribution in [0.4, 0.5) is 0 Å². The second kappa shape index (κ2) is 4.23. The number of thiocarbonyl (C=S) groups is 1. The summed E-state index contributed by atoms with van der Waals surface area (Å²) < 4.78 is 0. The number of hydrogen-bond acceptors (Lipinski definition) is 2. The molecule has 0 unspecified atom stereocenters. The van der Waals surface area contributed by atoms with Gasteiger partial charge in [0.15, 0.2) is 5.11 Å². The monoisotopic (exact) mass is 252 g/mol. The fourth-order valence-electron chi connectivity index (χ4n) is 1.35. The summed E-state index contributed by atoms with van der Waals surface area (Å²) in [5, 5.41) is 3.94. The molecule has 2 rings (SSSR count). The van der Waals surface area contributed by atoms with Crippen molar-refractivity contribution in [2.45, 2.75) is 0 Å². The van der Waals surface area contributed by atoms with Crippen LogP contribution in [-0.2, 0) is 4.79 Å². The van der Waals surface area contributed by atoms with Gasteiger partial charge in [0, 0.05) is 12.1 Å². The molecule has 5 heteroatoms. The largest absolute Gasteiger partial charge is 0.328 e. The molecule has 1 aliphatic heterocycles. The van der Waals surface area contributed by atoms with Gasteiger partial charge in [0.05, 0.1) is 0 Å². The Morgan fingerprint density at radius 1 is 1.38 bits per heavy atom. The van der Waals surface area contributed by atoms with E-state index in [9.17, 15) is 4.79 Å². The average Bonchev–Trinajstić information content (AvgIpc) is 2.50. The number of carbonyl (C=O) groups is 1. The van der Waals surface area contributed by atoms with Crippen molar-refractivity contribution in [1.29, 1.82) is 0 Å². The van der Waals surface area contributed by atoms with Crippen molar-refractivity contribution in [3.8, 4) is 0 Å². The zero-order valence-electron chi connectivity index (χ0n) is 8.53. The van der Waals surface area contributed by atoms with E-state index in [1.165, 1.54) is 4.90 Å². The molecule has 82 valence electrons. The zero-order valence-corrected chi connectivity index (χ0v) is 10.1. The van der Waals surface area contributed by atoms with E-state index in [-0.39, 0.29) is 5.91 Å². The number of hydrogen-bond donors (Lipinski definition) is 1. The quantitative estimate of drug-likeness (QED) is 0.613. The van der Waals surface area contributed by atoms with Crippen LogP contribution in [-0.4, -0.2) is 23.0 Å². The van der Waals surface area contributed by atoms with Crippen molar-refractivity contribution in [3.05, 3.63) is 40.5 Å². The Kier molecular flexibility index (Phi) is 2.94. The Hall–Kier alpha value is -1.39. The smallest absolute Gasteiger partial charge is 0.276 e. The van der Waals surface area contributed by atoms with E-state index in [2.05, 4.69) is 5.32 Å². The van der Waals surface area contributed by atoms with Gasteiger partial charge in [-0.2, -0.15) is 0 Å². The third-order valence-electron chi connectivity index (χ3n) is 2.26. The van der Waals surface area contributed by atoms with Crippen molar-refractivity contribution in [3.63, 3.8) is 0 Å². The normalized spacial score (nSPS) is 18.1. The maximum absolute atomic E-state index is 11.7. The van der Waals surface area contributed by atoms with Crippen LogP contribution >= 0.6 is 23.8 Å². The highest BCUT2D eigenvalue weighted by Crippen LogP contribution is 2.15. The predicted molar refractivity (Wildman–Crippen MR) is 67.9 cm³/mol. The molecule has 1 fully saturated rings.